The molecule has 2 aliphatic heterocycles. The molecule has 0 spiro atoms. The summed E-state index contributed by atoms with van der Waals surface area (Å²) < 4.78 is 58.7. The second-order valence-corrected chi connectivity index (χ2v) is 14.3. The van der Waals surface area contributed by atoms with Crippen LogP contribution in [0, 0.1) is 0 Å². The van der Waals surface area contributed by atoms with E-state index in [2.05, 4.69) is 47.5 Å². The lowest BCUT2D eigenvalue weighted by Crippen LogP contribution is -2.35. The normalized spacial score (nSPS) is 33.1. The lowest BCUT2D eigenvalue weighted by Gasteiger charge is -2.26. The van der Waals surface area contributed by atoms with Crippen molar-refractivity contribution in [3.63, 3.8) is 0 Å². The van der Waals surface area contributed by atoms with Crippen LogP contribution in [0.25, 0.3) is 22.3 Å². The van der Waals surface area contributed by atoms with E-state index in [1.54, 1.807) is 0 Å². The van der Waals surface area contributed by atoms with Crippen LogP contribution in [0.4, 0.5) is 10.3 Å². The number of fused-ring (bicyclic) bond motifs is 3. The number of aliphatic hydroxyl groups excluding tert-OH is 1. The quantitative estimate of drug-likeness (QED) is 0.0914. The minimum Gasteiger partial charge on any atom is -0.394 e. The van der Waals surface area contributed by atoms with Gasteiger partial charge in [0.1, 0.15) is 30.6 Å². The largest absolute Gasteiger partial charge is 0.583 e. The zero-order valence-corrected chi connectivity index (χ0v) is 25.1. The van der Waals surface area contributed by atoms with Gasteiger partial charge in [0.2, 0.25) is 11.5 Å². The Bertz CT molecular complexity index is 1980. The molecule has 234 valence electrons. The molecule has 3 aliphatic rings. The van der Waals surface area contributed by atoms with E-state index in [0.717, 1.165) is 11.0 Å². The summed E-state index contributed by atoms with van der Waals surface area (Å²) in [6.45, 7) is -4.73. The van der Waals surface area contributed by atoms with Gasteiger partial charge in [0.25, 0.3) is 11.1 Å². The Labute approximate surface area is 253 Å². The number of anilines is 1. The van der Waals surface area contributed by atoms with Gasteiger partial charge in [0.05, 0.1) is 25.4 Å². The summed E-state index contributed by atoms with van der Waals surface area (Å²) >= 11 is 8.99. The summed E-state index contributed by atoms with van der Waals surface area (Å²) in [5.41, 5.74) is 2.12. The number of ether oxygens (including phenoxy) is 2. The van der Waals surface area contributed by atoms with Crippen LogP contribution in [0.3, 0.4) is 0 Å². The fraction of sp³-hybridized carbons (Fsp3) is 0.526. The van der Waals surface area contributed by atoms with Crippen molar-refractivity contribution in [2.24, 2.45) is 0 Å². The van der Waals surface area contributed by atoms with Crippen LogP contribution < -0.4 is 16.9 Å². The third-order valence-electron chi connectivity index (χ3n) is 7.36. The van der Waals surface area contributed by atoms with Crippen LogP contribution in [0.1, 0.15) is 18.9 Å². The fourth-order valence-corrected chi connectivity index (χ4v) is 8.21. The first-order chi connectivity index (χ1) is 20.9. The number of imidazole rings is 1. The summed E-state index contributed by atoms with van der Waals surface area (Å²) in [7, 11) is -2.72. The van der Waals surface area contributed by atoms with Gasteiger partial charge in [0.15, 0.2) is 41.0 Å². The maximum Gasteiger partial charge on any atom is 0.583 e. The Balaban J connectivity index is 1.13. The predicted molar refractivity (Wildman–Crippen MR) is 150 cm³/mol. The third kappa shape index (κ3) is 4.70. The molecule has 4 aromatic rings. The van der Waals surface area contributed by atoms with Crippen molar-refractivity contribution in [2.75, 3.05) is 12.3 Å². The van der Waals surface area contributed by atoms with Crippen molar-refractivity contribution in [2.45, 2.75) is 55.1 Å². The van der Waals surface area contributed by atoms with E-state index < -0.39 is 80.3 Å². The van der Waals surface area contributed by atoms with Gasteiger partial charge in [-0.1, -0.05) is 5.21 Å². The molecule has 4 aromatic heterocycles. The molecule has 0 bridgehead atoms. The first-order valence-electron chi connectivity index (χ1n) is 12.5. The number of nitrogen functional groups attached to an aromatic ring is 1. The van der Waals surface area contributed by atoms with E-state index >= 15 is 4.39 Å². The second kappa shape index (κ2) is 10.6. The highest BCUT2D eigenvalue weighted by molar-refractivity contribution is 8.39. The topological polar surface area (TPSA) is 270 Å². The van der Waals surface area contributed by atoms with E-state index in [0.29, 0.717) is 0 Å². The molecule has 25 heteroatoms. The molecule has 20 nitrogen and oxygen atoms in total. The molecule has 0 aromatic carbocycles. The monoisotopic (exact) mass is 693 g/mol. The molecule has 2 saturated heterocycles. The molecule has 0 radical (unpaired) electrons. The average Bonchev–Trinajstić information content (AvgIpc) is 3.50. The molecule has 1 aliphatic carbocycles. The Kier molecular flexibility index (Phi) is 7.21. The maximum absolute atomic E-state index is 16.1. The van der Waals surface area contributed by atoms with Crippen molar-refractivity contribution >= 4 is 66.3 Å². The molecule has 10 atom stereocenters. The van der Waals surface area contributed by atoms with Gasteiger partial charge in [-0.25, -0.2) is 14.4 Å². The van der Waals surface area contributed by atoms with E-state index in [4.69, 9.17) is 40.6 Å². The fourth-order valence-electron chi connectivity index (χ4n) is 5.45. The van der Waals surface area contributed by atoms with Crippen molar-refractivity contribution in [1.82, 2.24) is 44.5 Å². The molecular formula is C19H20FN10O10P2S2+. The number of alkyl halides is 1. The molecule has 3 fully saturated rings. The van der Waals surface area contributed by atoms with Gasteiger partial charge in [-0.05, 0) is 16.4 Å². The van der Waals surface area contributed by atoms with Gasteiger partial charge < -0.3 is 34.7 Å². The van der Waals surface area contributed by atoms with Crippen LogP contribution >= 0.6 is 26.2 Å². The summed E-state index contributed by atoms with van der Waals surface area (Å²) in [4.78, 5) is 52.1. The summed E-state index contributed by atoms with van der Waals surface area (Å²) in [5.74, 6) is -0.192. The highest BCUT2D eigenvalue weighted by atomic mass is 32.7. The number of thiol groups is 1. The molecule has 6 heterocycles. The number of aliphatic hydroxyl groups is 1. The van der Waals surface area contributed by atoms with E-state index in [-0.39, 0.29) is 34.7 Å². The average molecular weight is 694 g/mol. The van der Waals surface area contributed by atoms with Crippen LogP contribution in [0.15, 0.2) is 22.2 Å². The highest BCUT2D eigenvalue weighted by Gasteiger charge is 2.85. The molecule has 3 unspecified atom stereocenters. The summed E-state index contributed by atoms with van der Waals surface area (Å²) in [5, 5.41) is 17.2. The number of rotatable bonds is 9. The van der Waals surface area contributed by atoms with Crippen molar-refractivity contribution < 1.29 is 42.0 Å². The van der Waals surface area contributed by atoms with Crippen molar-refractivity contribution in [1.29, 1.82) is 0 Å². The van der Waals surface area contributed by atoms with Gasteiger partial charge in [0, 0.05) is 6.42 Å². The minimum atomic E-state index is -4.30. The first kappa shape index (κ1) is 29.9. The first-order valence-corrected chi connectivity index (χ1v) is 17.5. The third-order valence-corrected chi connectivity index (χ3v) is 9.62. The number of nitrogens with zero attached hydrogens (tertiary/aromatic N) is 7. The van der Waals surface area contributed by atoms with Crippen molar-refractivity contribution in [3.8, 4) is 0 Å². The highest BCUT2D eigenvalue weighted by Crippen LogP contribution is 2.66. The number of hydrogen-bond acceptors (Lipinski definition) is 16. The van der Waals surface area contributed by atoms with Gasteiger partial charge >= 0.3 is 13.9 Å². The second-order valence-electron chi connectivity index (χ2n) is 9.95. The van der Waals surface area contributed by atoms with Crippen LogP contribution in [0.2, 0.25) is 0 Å². The molecule has 6 N–H and O–H groups in total. The lowest BCUT2D eigenvalue weighted by atomic mass is 10.2. The van der Waals surface area contributed by atoms with Crippen molar-refractivity contribution in [3.05, 3.63) is 33.4 Å². The smallest absolute Gasteiger partial charge is 0.394 e. The van der Waals surface area contributed by atoms with Crippen LogP contribution in [0.5, 0.6) is 0 Å². The summed E-state index contributed by atoms with van der Waals surface area (Å²) in [6.07, 6.45) is -7.00. The Morgan fingerprint density at radius 1 is 1.25 bits per heavy atom. The van der Waals surface area contributed by atoms with Gasteiger partial charge in [-0.15, -0.1) is 9.62 Å². The number of hydrogen-bond donors (Lipinski definition) is 6. The molecule has 1 saturated carbocycles. The number of nitrogens with two attached hydrogens (primary N) is 1. The summed E-state index contributed by atoms with van der Waals surface area (Å²) in [6, 6.07) is 0. The van der Waals surface area contributed by atoms with Crippen LogP contribution in [-0.2, 0) is 39.4 Å². The number of H-pyrrole nitrogens is 2. The van der Waals surface area contributed by atoms with Gasteiger partial charge in [-0.2, -0.15) is 9.67 Å². The number of halogens is 1. The maximum atomic E-state index is 16.1. The van der Waals surface area contributed by atoms with Gasteiger partial charge in [-0.3, -0.25) is 23.7 Å². The zero-order valence-electron chi connectivity index (χ0n) is 21.6. The minimum absolute atomic E-state index is 0.00980. The number of aromatic amines is 2. The predicted octanol–water partition coefficient (Wildman–Crippen LogP) is -0.911. The molecule has 0 amide bonds. The van der Waals surface area contributed by atoms with E-state index in [1.807, 2.05) is 0 Å². The Morgan fingerprint density at radius 2 is 2.05 bits per heavy atom. The van der Waals surface area contributed by atoms with Crippen LogP contribution in [-0.4, -0.2) is 97.3 Å². The number of aromatic nitrogens is 9. The molecular weight excluding hydrogens is 673 g/mol. The lowest BCUT2D eigenvalue weighted by molar-refractivity contribution is -0.0653. The standard InChI is InChI=1S/C19H19FN10O10P2S2/c20-9-17(30-12-8(27-28-30)14(32)23-3-22-12)37-10-11(19(9,10)40-41(34)43)39-42(35,44)38-6-1-5(2-31)36-16(6)29-4-24-7-13(29)25-18(21)26-15(7)33/h3-6,9-11,16-17,31H,1-2H2,(H5-,21,22,23,25,26,28,32,33,34,35,43,44)/p+1/t5-,6+,9+,10+,11?,16+,17+,19-,42?/m0/s1. The molecule has 44 heavy (non-hydrogen) atoms. The van der Waals surface area contributed by atoms with E-state index in [1.165, 1.54) is 10.9 Å². The Morgan fingerprint density at radius 3 is 2.80 bits per heavy atom. The Hall–Kier alpha value is -2.82. The number of nitrogens with one attached hydrogen (secondary N) is 2. The zero-order chi connectivity index (χ0) is 31.1. The SMILES string of the molecule is Nc1nc2c(ncn2[C@@H]2O[C@H](CO)C[C@H]2OP(O)(=S)OC2[C@H]3O[C@@H](n4nnc5c(=O)[nH]cnc54)[C@@H](F)[C@@]23O[P+](=O)S)c(=O)[nH]1. The van der Waals surface area contributed by atoms with E-state index in [9.17, 15) is 24.2 Å². The molecule has 7 rings (SSSR count).